The molecule has 3 nitrogen and oxygen atoms in total. The van der Waals surface area contributed by atoms with Crippen molar-refractivity contribution in [2.75, 3.05) is 20.1 Å². The van der Waals surface area contributed by atoms with Crippen molar-refractivity contribution in [2.24, 2.45) is 5.73 Å². The predicted molar refractivity (Wildman–Crippen MR) is 64.5 cm³/mol. The van der Waals surface area contributed by atoms with Crippen LogP contribution in [0.3, 0.4) is 0 Å². The lowest BCUT2D eigenvalue weighted by atomic mass is 10.1. The van der Waals surface area contributed by atoms with E-state index in [4.69, 9.17) is 5.73 Å². The molecule has 1 aromatic rings. The van der Waals surface area contributed by atoms with Crippen LogP contribution in [0.4, 0.5) is 0 Å². The monoisotopic (exact) mass is 270 g/mol. The van der Waals surface area contributed by atoms with Gasteiger partial charge in [-0.05, 0) is 31.2 Å². The number of amides is 1. The van der Waals surface area contributed by atoms with Crippen molar-refractivity contribution in [3.63, 3.8) is 0 Å². The molecule has 0 radical (unpaired) electrons. The van der Waals surface area contributed by atoms with Gasteiger partial charge in [-0.15, -0.1) is 0 Å². The minimum Gasteiger partial charge on any atom is -0.369 e. The van der Waals surface area contributed by atoms with E-state index in [1.54, 1.807) is 0 Å². The summed E-state index contributed by atoms with van der Waals surface area (Å²) >= 11 is 3.42. The van der Waals surface area contributed by atoms with E-state index in [1.807, 2.05) is 24.1 Å². The maximum absolute atomic E-state index is 10.6. The van der Waals surface area contributed by atoms with Gasteiger partial charge in [0, 0.05) is 11.0 Å². The molecule has 0 aliphatic rings. The predicted octanol–water partition coefficient (Wildman–Crippen LogP) is 1.41. The summed E-state index contributed by atoms with van der Waals surface area (Å²) in [6.07, 6.45) is 0.920. The summed E-state index contributed by atoms with van der Waals surface area (Å²) in [4.78, 5) is 12.6. The standard InChI is InChI=1S/C11H15BrN2O/c1-14(8-11(13)15)6-5-9-3-2-4-10(12)7-9/h2-4,7H,5-6,8H2,1H3,(H2,13,15). The first kappa shape index (κ1) is 12.2. The van der Waals surface area contributed by atoms with E-state index in [9.17, 15) is 4.79 Å². The molecule has 0 heterocycles. The summed E-state index contributed by atoms with van der Waals surface area (Å²) < 4.78 is 1.08. The van der Waals surface area contributed by atoms with E-state index < -0.39 is 0 Å². The van der Waals surface area contributed by atoms with Gasteiger partial charge in [-0.2, -0.15) is 0 Å². The molecule has 0 fully saturated rings. The van der Waals surface area contributed by atoms with Crippen molar-refractivity contribution >= 4 is 21.8 Å². The molecule has 0 atom stereocenters. The normalized spacial score (nSPS) is 10.6. The Kier molecular flexibility index (Phi) is 4.78. The van der Waals surface area contributed by atoms with Crippen molar-refractivity contribution in [1.29, 1.82) is 0 Å². The van der Waals surface area contributed by atoms with Gasteiger partial charge in [-0.1, -0.05) is 28.1 Å². The molecule has 0 saturated carbocycles. The second-order valence-electron chi connectivity index (χ2n) is 3.58. The van der Waals surface area contributed by atoms with E-state index in [0.29, 0.717) is 6.54 Å². The maximum atomic E-state index is 10.6. The number of carbonyl (C=O) groups excluding carboxylic acids is 1. The van der Waals surface area contributed by atoms with Gasteiger partial charge in [0.15, 0.2) is 0 Å². The minimum atomic E-state index is -0.285. The third-order valence-corrected chi connectivity index (χ3v) is 2.59. The van der Waals surface area contributed by atoms with Crippen LogP contribution in [-0.2, 0) is 11.2 Å². The topological polar surface area (TPSA) is 46.3 Å². The van der Waals surface area contributed by atoms with Crippen LogP contribution < -0.4 is 5.73 Å². The third-order valence-electron chi connectivity index (χ3n) is 2.10. The van der Waals surface area contributed by atoms with Gasteiger partial charge < -0.3 is 5.73 Å². The van der Waals surface area contributed by atoms with E-state index in [1.165, 1.54) is 5.56 Å². The fraction of sp³-hybridized carbons (Fsp3) is 0.364. The quantitative estimate of drug-likeness (QED) is 0.880. The van der Waals surface area contributed by atoms with Crippen LogP contribution in [0.25, 0.3) is 0 Å². The number of likely N-dealkylation sites (N-methyl/N-ethyl adjacent to an activating group) is 1. The molecule has 82 valence electrons. The van der Waals surface area contributed by atoms with E-state index in [0.717, 1.165) is 17.4 Å². The van der Waals surface area contributed by atoms with Crippen LogP contribution in [0, 0.1) is 0 Å². The molecule has 1 amide bonds. The smallest absolute Gasteiger partial charge is 0.231 e. The largest absolute Gasteiger partial charge is 0.369 e. The highest BCUT2D eigenvalue weighted by Gasteiger charge is 2.02. The van der Waals surface area contributed by atoms with Gasteiger partial charge in [-0.3, -0.25) is 9.69 Å². The third kappa shape index (κ3) is 4.95. The molecule has 15 heavy (non-hydrogen) atoms. The van der Waals surface area contributed by atoms with Crippen molar-refractivity contribution < 1.29 is 4.79 Å². The van der Waals surface area contributed by atoms with Gasteiger partial charge >= 0.3 is 0 Å². The molecule has 2 N–H and O–H groups in total. The first-order chi connectivity index (χ1) is 7.08. The molecular formula is C11H15BrN2O. The number of carbonyl (C=O) groups is 1. The number of rotatable bonds is 5. The number of nitrogens with two attached hydrogens (primary N) is 1. The Balaban J connectivity index is 2.40. The summed E-state index contributed by atoms with van der Waals surface area (Å²) in [5, 5.41) is 0. The summed E-state index contributed by atoms with van der Waals surface area (Å²) in [5.74, 6) is -0.285. The SMILES string of the molecule is CN(CCc1cccc(Br)c1)CC(N)=O. The molecule has 0 unspecified atom stereocenters. The molecule has 1 aromatic carbocycles. The Bertz CT molecular complexity index is 341. The second-order valence-corrected chi connectivity index (χ2v) is 4.50. The Morgan fingerprint density at radius 1 is 1.53 bits per heavy atom. The minimum absolute atomic E-state index is 0.285. The molecule has 0 saturated heterocycles. The Morgan fingerprint density at radius 3 is 2.87 bits per heavy atom. The average Bonchev–Trinajstić information content (AvgIpc) is 2.14. The van der Waals surface area contributed by atoms with Crippen molar-refractivity contribution in [1.82, 2.24) is 4.90 Å². The second kappa shape index (κ2) is 5.88. The van der Waals surface area contributed by atoms with Crippen LogP contribution in [-0.4, -0.2) is 30.9 Å². The zero-order valence-electron chi connectivity index (χ0n) is 8.74. The highest BCUT2D eigenvalue weighted by Crippen LogP contribution is 2.12. The lowest BCUT2D eigenvalue weighted by Crippen LogP contribution is -2.32. The lowest BCUT2D eigenvalue weighted by molar-refractivity contribution is -0.118. The summed E-state index contributed by atoms with van der Waals surface area (Å²) in [5.41, 5.74) is 6.35. The van der Waals surface area contributed by atoms with Crippen LogP contribution in [0.15, 0.2) is 28.7 Å². The van der Waals surface area contributed by atoms with Gasteiger partial charge in [0.05, 0.1) is 6.54 Å². The fourth-order valence-electron chi connectivity index (χ4n) is 1.36. The first-order valence-corrected chi connectivity index (χ1v) is 5.58. The van der Waals surface area contributed by atoms with E-state index in [-0.39, 0.29) is 5.91 Å². The zero-order valence-corrected chi connectivity index (χ0v) is 10.3. The van der Waals surface area contributed by atoms with Gasteiger partial charge in [0.2, 0.25) is 5.91 Å². The van der Waals surface area contributed by atoms with Crippen LogP contribution in [0.5, 0.6) is 0 Å². The van der Waals surface area contributed by atoms with Crippen LogP contribution in [0.1, 0.15) is 5.56 Å². The number of hydrogen-bond donors (Lipinski definition) is 1. The molecule has 0 aliphatic carbocycles. The Labute approximate surface area is 98.4 Å². The van der Waals surface area contributed by atoms with Gasteiger partial charge in [0.25, 0.3) is 0 Å². The molecular weight excluding hydrogens is 256 g/mol. The molecule has 1 rings (SSSR count). The Morgan fingerprint density at radius 2 is 2.27 bits per heavy atom. The molecule has 0 bridgehead atoms. The number of benzene rings is 1. The maximum Gasteiger partial charge on any atom is 0.231 e. The van der Waals surface area contributed by atoms with Crippen LogP contribution >= 0.6 is 15.9 Å². The van der Waals surface area contributed by atoms with E-state index in [2.05, 4.69) is 28.1 Å². The zero-order chi connectivity index (χ0) is 11.3. The fourth-order valence-corrected chi connectivity index (χ4v) is 1.80. The first-order valence-electron chi connectivity index (χ1n) is 4.79. The van der Waals surface area contributed by atoms with E-state index >= 15 is 0 Å². The highest BCUT2D eigenvalue weighted by molar-refractivity contribution is 9.10. The molecule has 0 aromatic heterocycles. The summed E-state index contributed by atoms with van der Waals surface area (Å²) in [6, 6.07) is 8.16. The van der Waals surface area contributed by atoms with Crippen molar-refractivity contribution in [2.45, 2.75) is 6.42 Å². The van der Waals surface area contributed by atoms with Gasteiger partial charge in [-0.25, -0.2) is 0 Å². The number of hydrogen-bond acceptors (Lipinski definition) is 2. The van der Waals surface area contributed by atoms with Crippen LogP contribution in [0.2, 0.25) is 0 Å². The number of halogens is 1. The summed E-state index contributed by atoms with van der Waals surface area (Å²) in [6.45, 7) is 1.15. The van der Waals surface area contributed by atoms with Crippen molar-refractivity contribution in [3.8, 4) is 0 Å². The Hall–Kier alpha value is -0.870. The highest BCUT2D eigenvalue weighted by atomic mass is 79.9. The molecule has 0 spiro atoms. The summed E-state index contributed by atoms with van der Waals surface area (Å²) in [7, 11) is 1.89. The molecule has 0 aliphatic heterocycles. The number of primary amides is 1. The lowest BCUT2D eigenvalue weighted by Gasteiger charge is -2.14. The van der Waals surface area contributed by atoms with Gasteiger partial charge in [0.1, 0.15) is 0 Å². The van der Waals surface area contributed by atoms with Crippen molar-refractivity contribution in [3.05, 3.63) is 34.3 Å². The average molecular weight is 271 g/mol. The molecule has 4 heteroatoms. The number of nitrogens with zero attached hydrogens (tertiary/aromatic N) is 1.